The third kappa shape index (κ3) is 6.74. The monoisotopic (exact) mass is 462 g/mol. The lowest BCUT2D eigenvalue weighted by molar-refractivity contribution is -0.117. The normalized spacial score (nSPS) is 15.7. The van der Waals surface area contributed by atoms with Gasteiger partial charge in [-0.3, -0.25) is 19.4 Å². The van der Waals surface area contributed by atoms with Gasteiger partial charge in [0, 0.05) is 45.0 Å². The second kappa shape index (κ2) is 11.2. The molecule has 1 aromatic heterocycles. The Bertz CT molecular complexity index is 1030. The summed E-state index contributed by atoms with van der Waals surface area (Å²) in [5, 5.41) is 7.46. The maximum atomic E-state index is 12.4. The van der Waals surface area contributed by atoms with Crippen molar-refractivity contribution in [1.82, 2.24) is 15.1 Å². The Morgan fingerprint density at radius 1 is 0.848 bits per heavy atom. The van der Waals surface area contributed by atoms with Crippen LogP contribution in [0.3, 0.4) is 0 Å². The predicted molar refractivity (Wildman–Crippen MR) is 133 cm³/mol. The molecule has 2 aromatic carbocycles. The van der Waals surface area contributed by atoms with Crippen molar-refractivity contribution >= 4 is 28.8 Å². The third-order valence-corrected chi connectivity index (χ3v) is 6.70. The molecule has 1 saturated heterocycles. The smallest absolute Gasteiger partial charge is 0.261 e. The van der Waals surface area contributed by atoms with Gasteiger partial charge in [-0.05, 0) is 41.6 Å². The standard InChI is InChI=1S/C26H30N4O2S/c1-20(27-26(32)24-8-5-17-33-24)25(31)28-23-11-9-22(10-12-23)19-30-15-13-29(14-16-30)18-21-6-3-2-4-7-21/h2-12,17,20H,13-16,18-19H2,1H3,(H,27,32)(H,28,31). The van der Waals surface area contributed by atoms with E-state index in [0.717, 1.165) is 45.0 Å². The van der Waals surface area contributed by atoms with Crippen molar-refractivity contribution in [3.05, 3.63) is 88.1 Å². The molecule has 172 valence electrons. The summed E-state index contributed by atoms with van der Waals surface area (Å²) in [6, 6.07) is 21.5. The van der Waals surface area contributed by atoms with E-state index in [1.165, 1.54) is 22.5 Å². The molecule has 0 radical (unpaired) electrons. The highest BCUT2D eigenvalue weighted by molar-refractivity contribution is 7.12. The zero-order chi connectivity index (χ0) is 23.0. The highest BCUT2D eigenvalue weighted by atomic mass is 32.1. The van der Waals surface area contributed by atoms with Crippen molar-refractivity contribution < 1.29 is 9.59 Å². The van der Waals surface area contributed by atoms with Gasteiger partial charge >= 0.3 is 0 Å². The number of nitrogens with one attached hydrogen (secondary N) is 2. The highest BCUT2D eigenvalue weighted by Gasteiger charge is 2.18. The summed E-state index contributed by atoms with van der Waals surface area (Å²) >= 11 is 1.35. The molecule has 0 spiro atoms. The van der Waals surface area contributed by atoms with Crippen molar-refractivity contribution in [2.24, 2.45) is 0 Å². The maximum Gasteiger partial charge on any atom is 0.261 e. The minimum atomic E-state index is -0.619. The molecule has 2 heterocycles. The first-order valence-electron chi connectivity index (χ1n) is 11.3. The molecule has 6 nitrogen and oxygen atoms in total. The number of thiophene rings is 1. The Morgan fingerprint density at radius 2 is 1.45 bits per heavy atom. The topological polar surface area (TPSA) is 64.7 Å². The molecule has 1 aliphatic rings. The Morgan fingerprint density at radius 3 is 2.03 bits per heavy atom. The molecule has 4 rings (SSSR count). The van der Waals surface area contributed by atoms with E-state index in [0.29, 0.717) is 4.88 Å². The van der Waals surface area contributed by atoms with E-state index in [1.807, 2.05) is 23.6 Å². The zero-order valence-electron chi connectivity index (χ0n) is 18.9. The molecule has 0 bridgehead atoms. The lowest BCUT2D eigenvalue weighted by Gasteiger charge is -2.34. The molecular formula is C26H30N4O2S. The van der Waals surface area contributed by atoms with Crippen LogP contribution >= 0.6 is 11.3 Å². The number of carbonyl (C=O) groups excluding carboxylic acids is 2. The Labute approximate surface area is 199 Å². The van der Waals surface area contributed by atoms with Crippen LogP contribution < -0.4 is 10.6 Å². The van der Waals surface area contributed by atoms with Crippen LogP contribution in [0.1, 0.15) is 27.7 Å². The van der Waals surface area contributed by atoms with Crippen LogP contribution in [0.5, 0.6) is 0 Å². The van der Waals surface area contributed by atoms with Crippen LogP contribution in [-0.4, -0.2) is 53.8 Å². The largest absolute Gasteiger partial charge is 0.340 e. The molecular weight excluding hydrogens is 432 g/mol. The lowest BCUT2D eigenvalue weighted by Crippen LogP contribution is -2.45. The van der Waals surface area contributed by atoms with Crippen molar-refractivity contribution in [3.8, 4) is 0 Å². The van der Waals surface area contributed by atoms with Crippen LogP contribution in [0, 0.1) is 0 Å². The van der Waals surface area contributed by atoms with Crippen LogP contribution in [0.4, 0.5) is 5.69 Å². The number of benzene rings is 2. The summed E-state index contributed by atoms with van der Waals surface area (Å²) in [6.45, 7) is 7.83. The van der Waals surface area contributed by atoms with E-state index in [4.69, 9.17) is 0 Å². The summed E-state index contributed by atoms with van der Waals surface area (Å²) in [5.74, 6) is -0.464. The van der Waals surface area contributed by atoms with Crippen molar-refractivity contribution in [3.63, 3.8) is 0 Å². The SMILES string of the molecule is CC(NC(=O)c1cccs1)C(=O)Nc1ccc(CN2CCN(Cc3ccccc3)CC2)cc1. The molecule has 2 N–H and O–H groups in total. The first kappa shape index (κ1) is 23.2. The first-order valence-corrected chi connectivity index (χ1v) is 12.2. The van der Waals surface area contributed by atoms with E-state index in [1.54, 1.807) is 13.0 Å². The first-order chi connectivity index (χ1) is 16.1. The van der Waals surface area contributed by atoms with E-state index >= 15 is 0 Å². The Hall–Kier alpha value is -3.00. The number of piperazine rings is 1. The number of hydrogen-bond donors (Lipinski definition) is 2. The Kier molecular flexibility index (Phi) is 7.88. The third-order valence-electron chi connectivity index (χ3n) is 5.83. The average Bonchev–Trinajstić information content (AvgIpc) is 3.37. The Balaban J connectivity index is 1.21. The van der Waals surface area contributed by atoms with Crippen molar-refractivity contribution in [2.75, 3.05) is 31.5 Å². The maximum absolute atomic E-state index is 12.4. The van der Waals surface area contributed by atoms with Gasteiger partial charge in [0.1, 0.15) is 6.04 Å². The average molecular weight is 463 g/mol. The van der Waals surface area contributed by atoms with Gasteiger partial charge < -0.3 is 10.6 Å². The lowest BCUT2D eigenvalue weighted by atomic mass is 10.1. The number of nitrogens with zero attached hydrogens (tertiary/aromatic N) is 2. The number of anilines is 1. The predicted octanol–water partition coefficient (Wildman–Crippen LogP) is 3.82. The second-order valence-corrected chi connectivity index (χ2v) is 9.34. The quantitative estimate of drug-likeness (QED) is 0.534. The van der Waals surface area contributed by atoms with Crippen LogP contribution in [0.2, 0.25) is 0 Å². The van der Waals surface area contributed by atoms with Gasteiger partial charge in [0.05, 0.1) is 4.88 Å². The van der Waals surface area contributed by atoms with Crippen LogP contribution in [-0.2, 0) is 17.9 Å². The molecule has 7 heteroatoms. The number of amides is 2. The van der Waals surface area contributed by atoms with Gasteiger partial charge in [-0.15, -0.1) is 11.3 Å². The van der Waals surface area contributed by atoms with E-state index in [2.05, 4.69) is 62.9 Å². The summed E-state index contributed by atoms with van der Waals surface area (Å²) in [7, 11) is 0. The van der Waals surface area contributed by atoms with Gasteiger partial charge in [0.2, 0.25) is 5.91 Å². The second-order valence-electron chi connectivity index (χ2n) is 8.40. The minimum Gasteiger partial charge on any atom is -0.340 e. The fourth-order valence-corrected chi connectivity index (χ4v) is 4.52. The number of carbonyl (C=O) groups is 2. The molecule has 1 aliphatic heterocycles. The van der Waals surface area contributed by atoms with Gasteiger partial charge in [0.15, 0.2) is 0 Å². The molecule has 3 aromatic rings. The molecule has 33 heavy (non-hydrogen) atoms. The van der Waals surface area contributed by atoms with E-state index in [9.17, 15) is 9.59 Å². The van der Waals surface area contributed by atoms with Gasteiger partial charge in [-0.25, -0.2) is 0 Å². The summed E-state index contributed by atoms with van der Waals surface area (Å²) in [5.41, 5.74) is 3.32. The van der Waals surface area contributed by atoms with Gasteiger partial charge in [-0.2, -0.15) is 0 Å². The van der Waals surface area contributed by atoms with Crippen LogP contribution in [0.25, 0.3) is 0 Å². The van der Waals surface area contributed by atoms with Gasteiger partial charge in [-0.1, -0.05) is 48.5 Å². The van der Waals surface area contributed by atoms with Gasteiger partial charge in [0.25, 0.3) is 5.91 Å². The van der Waals surface area contributed by atoms with Crippen molar-refractivity contribution in [1.29, 1.82) is 0 Å². The molecule has 2 amide bonds. The molecule has 1 fully saturated rings. The number of rotatable bonds is 8. The van der Waals surface area contributed by atoms with Crippen molar-refractivity contribution in [2.45, 2.75) is 26.1 Å². The summed E-state index contributed by atoms with van der Waals surface area (Å²) in [6.07, 6.45) is 0. The van der Waals surface area contributed by atoms with E-state index < -0.39 is 6.04 Å². The minimum absolute atomic E-state index is 0.230. The summed E-state index contributed by atoms with van der Waals surface area (Å²) < 4.78 is 0. The summed E-state index contributed by atoms with van der Waals surface area (Å²) in [4.78, 5) is 30.1. The fraction of sp³-hybridized carbons (Fsp3) is 0.308. The highest BCUT2D eigenvalue weighted by Crippen LogP contribution is 2.15. The molecule has 0 saturated carbocycles. The van der Waals surface area contributed by atoms with Crippen LogP contribution in [0.15, 0.2) is 72.1 Å². The zero-order valence-corrected chi connectivity index (χ0v) is 19.7. The fourth-order valence-electron chi connectivity index (χ4n) is 3.89. The molecule has 1 unspecified atom stereocenters. The molecule has 1 atom stereocenters. The molecule has 0 aliphatic carbocycles. The van der Waals surface area contributed by atoms with E-state index in [-0.39, 0.29) is 11.8 Å². The number of hydrogen-bond acceptors (Lipinski definition) is 5.